The molecule has 2 amide bonds. The molecular weight excluding hydrogens is 422 g/mol. The van der Waals surface area contributed by atoms with Gasteiger partial charge in [0.05, 0.1) is 27.0 Å². The van der Waals surface area contributed by atoms with Crippen LogP contribution in [0.3, 0.4) is 0 Å². The molecule has 0 unspecified atom stereocenters. The molecule has 2 aromatic rings. The predicted octanol–water partition coefficient (Wildman–Crippen LogP) is 4.39. The number of carbonyl (C=O) groups is 2. The summed E-state index contributed by atoms with van der Waals surface area (Å²) in [5, 5.41) is 7.20. The third kappa shape index (κ3) is 6.03. The normalized spacial score (nSPS) is 14.4. The Morgan fingerprint density at radius 2 is 1.48 bits per heavy atom. The molecule has 1 aliphatic carbocycles. The van der Waals surface area contributed by atoms with Crippen LogP contribution < -0.4 is 25.0 Å². The molecule has 0 aliphatic heterocycles. The van der Waals surface area contributed by atoms with Gasteiger partial charge in [-0.25, -0.2) is 5.43 Å². The van der Waals surface area contributed by atoms with Gasteiger partial charge in [0.1, 0.15) is 0 Å². The van der Waals surface area contributed by atoms with E-state index in [-0.39, 0.29) is 11.8 Å². The molecule has 2 N–H and O–H groups in total. The fourth-order valence-corrected chi connectivity index (χ4v) is 3.88. The first-order valence-electron chi connectivity index (χ1n) is 11.0. The Bertz CT molecular complexity index is 986. The van der Waals surface area contributed by atoms with E-state index in [1.165, 1.54) is 27.8 Å². The lowest BCUT2D eigenvalue weighted by atomic mass is 9.88. The molecule has 176 valence electrons. The van der Waals surface area contributed by atoms with Crippen LogP contribution in [0, 0.1) is 5.92 Å². The van der Waals surface area contributed by atoms with Crippen LogP contribution in [0.1, 0.15) is 54.9 Å². The SMILES string of the molecule is COc1cc(C(=O)N/N=C(\C)c2ccc(NC(=O)C3CCCCC3)cc2)cc(OC)c1OC. The Hall–Kier alpha value is -3.55. The highest BCUT2D eigenvalue weighted by atomic mass is 16.5. The van der Waals surface area contributed by atoms with Crippen LogP contribution in [-0.4, -0.2) is 38.9 Å². The monoisotopic (exact) mass is 453 g/mol. The van der Waals surface area contributed by atoms with E-state index < -0.39 is 5.91 Å². The number of hydrazone groups is 1. The average Bonchev–Trinajstić information content (AvgIpc) is 2.86. The molecule has 0 bridgehead atoms. The maximum Gasteiger partial charge on any atom is 0.271 e. The third-order valence-electron chi connectivity index (χ3n) is 5.80. The molecule has 0 atom stereocenters. The predicted molar refractivity (Wildman–Crippen MR) is 127 cm³/mol. The molecule has 33 heavy (non-hydrogen) atoms. The summed E-state index contributed by atoms with van der Waals surface area (Å²) in [6.45, 7) is 1.80. The number of nitrogens with zero attached hydrogens (tertiary/aromatic N) is 1. The van der Waals surface area contributed by atoms with Gasteiger partial charge in [-0.1, -0.05) is 31.4 Å². The van der Waals surface area contributed by atoms with Crippen LogP contribution in [0.4, 0.5) is 5.69 Å². The number of hydrogen-bond acceptors (Lipinski definition) is 6. The second-order valence-electron chi connectivity index (χ2n) is 7.95. The molecule has 3 rings (SSSR count). The van der Waals surface area contributed by atoms with E-state index in [2.05, 4.69) is 15.8 Å². The van der Waals surface area contributed by atoms with Gasteiger partial charge < -0.3 is 19.5 Å². The van der Waals surface area contributed by atoms with Crippen LogP contribution in [0.25, 0.3) is 0 Å². The summed E-state index contributed by atoms with van der Waals surface area (Å²) in [6.07, 6.45) is 5.37. The molecule has 0 spiro atoms. The smallest absolute Gasteiger partial charge is 0.271 e. The van der Waals surface area contributed by atoms with Gasteiger partial charge >= 0.3 is 0 Å². The Morgan fingerprint density at radius 1 is 0.879 bits per heavy atom. The molecule has 0 saturated heterocycles. The summed E-state index contributed by atoms with van der Waals surface area (Å²) in [5.74, 6) is 0.955. The summed E-state index contributed by atoms with van der Waals surface area (Å²) in [6, 6.07) is 10.5. The second-order valence-corrected chi connectivity index (χ2v) is 7.95. The van der Waals surface area contributed by atoms with E-state index in [1.807, 2.05) is 24.3 Å². The van der Waals surface area contributed by atoms with Gasteiger partial charge in [0.2, 0.25) is 11.7 Å². The van der Waals surface area contributed by atoms with Crippen molar-refractivity contribution in [3.05, 3.63) is 47.5 Å². The highest BCUT2D eigenvalue weighted by Gasteiger charge is 2.21. The first-order valence-corrected chi connectivity index (χ1v) is 11.0. The lowest BCUT2D eigenvalue weighted by Crippen LogP contribution is -2.24. The van der Waals surface area contributed by atoms with Crippen LogP contribution in [0.2, 0.25) is 0 Å². The zero-order valence-corrected chi connectivity index (χ0v) is 19.6. The number of amides is 2. The zero-order chi connectivity index (χ0) is 23.8. The Morgan fingerprint density at radius 3 is 2.03 bits per heavy atom. The zero-order valence-electron chi connectivity index (χ0n) is 19.6. The molecule has 8 nitrogen and oxygen atoms in total. The van der Waals surface area contributed by atoms with Crippen molar-refractivity contribution in [2.24, 2.45) is 11.0 Å². The minimum Gasteiger partial charge on any atom is -0.493 e. The summed E-state index contributed by atoms with van der Waals surface area (Å²) < 4.78 is 15.9. The van der Waals surface area contributed by atoms with E-state index in [4.69, 9.17) is 14.2 Å². The maximum absolute atomic E-state index is 12.6. The highest BCUT2D eigenvalue weighted by molar-refractivity contribution is 6.01. The van der Waals surface area contributed by atoms with Gasteiger partial charge in [0.25, 0.3) is 5.91 Å². The largest absolute Gasteiger partial charge is 0.493 e. The Labute approximate surface area is 194 Å². The molecule has 2 aromatic carbocycles. The fraction of sp³-hybridized carbons (Fsp3) is 0.400. The van der Waals surface area contributed by atoms with Crippen molar-refractivity contribution in [2.75, 3.05) is 26.6 Å². The number of methoxy groups -OCH3 is 3. The van der Waals surface area contributed by atoms with E-state index in [1.54, 1.807) is 19.1 Å². The summed E-state index contributed by atoms with van der Waals surface area (Å²) in [5.41, 5.74) is 5.08. The molecule has 0 radical (unpaired) electrons. The fourth-order valence-electron chi connectivity index (χ4n) is 3.88. The number of nitrogens with one attached hydrogen (secondary N) is 2. The highest BCUT2D eigenvalue weighted by Crippen LogP contribution is 2.38. The molecule has 1 saturated carbocycles. The number of hydrogen-bond donors (Lipinski definition) is 2. The van der Waals surface area contributed by atoms with Gasteiger partial charge in [-0.15, -0.1) is 0 Å². The van der Waals surface area contributed by atoms with Crippen molar-refractivity contribution in [1.82, 2.24) is 5.43 Å². The lowest BCUT2D eigenvalue weighted by Gasteiger charge is -2.20. The number of carbonyl (C=O) groups excluding carboxylic acids is 2. The Balaban J connectivity index is 1.64. The topological polar surface area (TPSA) is 98.2 Å². The minimum atomic E-state index is -0.412. The van der Waals surface area contributed by atoms with Crippen LogP contribution in [0.15, 0.2) is 41.5 Å². The van der Waals surface area contributed by atoms with E-state index in [0.29, 0.717) is 28.5 Å². The van der Waals surface area contributed by atoms with Gasteiger partial charge in [-0.3, -0.25) is 9.59 Å². The first kappa shape index (κ1) is 24.1. The molecule has 0 heterocycles. The average molecular weight is 454 g/mol. The van der Waals surface area contributed by atoms with Crippen LogP contribution in [0.5, 0.6) is 17.2 Å². The first-order chi connectivity index (χ1) is 16.0. The van der Waals surface area contributed by atoms with Crippen LogP contribution in [-0.2, 0) is 4.79 Å². The van der Waals surface area contributed by atoms with Crippen molar-refractivity contribution in [2.45, 2.75) is 39.0 Å². The molecule has 0 aromatic heterocycles. The van der Waals surface area contributed by atoms with Crippen molar-refractivity contribution in [3.63, 3.8) is 0 Å². The third-order valence-corrected chi connectivity index (χ3v) is 5.80. The molecule has 1 aliphatic rings. The standard InChI is InChI=1S/C25H31N3O5/c1-16(17-10-12-20(13-11-17)26-24(29)18-8-6-5-7-9-18)27-28-25(30)19-14-21(31-2)23(33-4)22(15-19)32-3/h10-15,18H,5-9H2,1-4H3,(H,26,29)(H,28,30)/b27-16+. The maximum atomic E-state index is 12.6. The van der Waals surface area contributed by atoms with Gasteiger partial charge in [-0.2, -0.15) is 5.10 Å². The second kappa shape index (κ2) is 11.4. The number of anilines is 1. The molecule has 1 fully saturated rings. The van der Waals surface area contributed by atoms with Crippen molar-refractivity contribution in [3.8, 4) is 17.2 Å². The van der Waals surface area contributed by atoms with Gasteiger partial charge in [-0.05, 0) is 49.6 Å². The van der Waals surface area contributed by atoms with E-state index in [0.717, 1.165) is 36.9 Å². The Kier molecular flexibility index (Phi) is 8.29. The van der Waals surface area contributed by atoms with Gasteiger partial charge in [0, 0.05) is 17.2 Å². The summed E-state index contributed by atoms with van der Waals surface area (Å²) in [4.78, 5) is 25.0. The minimum absolute atomic E-state index is 0.0884. The summed E-state index contributed by atoms with van der Waals surface area (Å²) in [7, 11) is 4.48. The van der Waals surface area contributed by atoms with Crippen molar-refractivity contribution < 1.29 is 23.8 Å². The van der Waals surface area contributed by atoms with Crippen molar-refractivity contribution >= 4 is 23.2 Å². The quantitative estimate of drug-likeness (QED) is 0.456. The molecule has 8 heteroatoms. The summed E-state index contributed by atoms with van der Waals surface area (Å²) >= 11 is 0. The van der Waals surface area contributed by atoms with Gasteiger partial charge in [0.15, 0.2) is 11.5 Å². The number of ether oxygens (including phenoxy) is 3. The van der Waals surface area contributed by atoms with Crippen LogP contribution >= 0.6 is 0 Å². The number of rotatable bonds is 8. The van der Waals surface area contributed by atoms with E-state index >= 15 is 0 Å². The molecular formula is C25H31N3O5. The van der Waals surface area contributed by atoms with E-state index in [9.17, 15) is 9.59 Å². The lowest BCUT2D eigenvalue weighted by molar-refractivity contribution is -0.120. The van der Waals surface area contributed by atoms with Crippen molar-refractivity contribution in [1.29, 1.82) is 0 Å². The number of benzene rings is 2.